The van der Waals surface area contributed by atoms with Gasteiger partial charge in [-0.15, -0.1) is 0 Å². The van der Waals surface area contributed by atoms with Crippen LogP contribution in [0.1, 0.15) is 55.8 Å². The van der Waals surface area contributed by atoms with E-state index in [1.54, 1.807) is 12.3 Å². The smallest absolute Gasteiger partial charge is 0.228 e. The molecule has 1 atom stereocenters. The summed E-state index contributed by atoms with van der Waals surface area (Å²) >= 11 is 0. The van der Waals surface area contributed by atoms with Gasteiger partial charge < -0.3 is 9.73 Å². The van der Waals surface area contributed by atoms with Crippen molar-refractivity contribution in [1.82, 2.24) is 15.1 Å². The van der Waals surface area contributed by atoms with Gasteiger partial charge in [0.1, 0.15) is 5.76 Å². The van der Waals surface area contributed by atoms with Crippen LogP contribution >= 0.6 is 0 Å². The van der Waals surface area contributed by atoms with Crippen LogP contribution in [0.25, 0.3) is 0 Å². The molecule has 2 heterocycles. The third kappa shape index (κ3) is 3.01. The van der Waals surface area contributed by atoms with Crippen LogP contribution in [0.3, 0.4) is 0 Å². The Balaban J connectivity index is 1.71. The van der Waals surface area contributed by atoms with Crippen molar-refractivity contribution in [2.24, 2.45) is 0 Å². The van der Waals surface area contributed by atoms with Crippen molar-refractivity contribution in [3.8, 4) is 0 Å². The van der Waals surface area contributed by atoms with Crippen molar-refractivity contribution < 1.29 is 9.21 Å². The summed E-state index contributed by atoms with van der Waals surface area (Å²) in [6.07, 6.45) is 7.07. The predicted molar refractivity (Wildman–Crippen MR) is 78.8 cm³/mol. The fourth-order valence-electron chi connectivity index (χ4n) is 2.78. The summed E-state index contributed by atoms with van der Waals surface area (Å²) in [4.78, 5) is 12.1. The lowest BCUT2D eigenvalue weighted by molar-refractivity contribution is -0.121. The Labute approximate surface area is 124 Å². The van der Waals surface area contributed by atoms with Crippen molar-refractivity contribution >= 4 is 5.91 Å². The van der Waals surface area contributed by atoms with Crippen molar-refractivity contribution in [3.05, 3.63) is 41.6 Å². The highest BCUT2D eigenvalue weighted by atomic mass is 16.3. The minimum absolute atomic E-state index is 0.0121. The van der Waals surface area contributed by atoms with Gasteiger partial charge in [-0.05, 0) is 50.8 Å². The summed E-state index contributed by atoms with van der Waals surface area (Å²) in [6.45, 7) is 4.23. The van der Waals surface area contributed by atoms with Gasteiger partial charge in [0.05, 0.1) is 24.4 Å². The Hall–Kier alpha value is -2.04. The molecule has 1 aliphatic carbocycles. The van der Waals surface area contributed by atoms with Gasteiger partial charge in [-0.3, -0.25) is 9.48 Å². The molecule has 1 N–H and O–H groups in total. The Morgan fingerprint density at radius 2 is 2.43 bits per heavy atom. The number of hydrogen-bond acceptors (Lipinski definition) is 3. The molecule has 2 aromatic rings. The van der Waals surface area contributed by atoms with Gasteiger partial charge in [-0.2, -0.15) is 5.10 Å². The lowest BCUT2D eigenvalue weighted by Gasteiger charge is -2.22. The number of rotatable bonds is 4. The number of nitrogens with zero attached hydrogens (tertiary/aromatic N) is 2. The molecule has 0 saturated heterocycles. The second kappa shape index (κ2) is 5.76. The molecule has 112 valence electrons. The highest BCUT2D eigenvalue weighted by molar-refractivity contribution is 5.78. The number of amides is 1. The highest BCUT2D eigenvalue weighted by Crippen LogP contribution is 2.29. The minimum Gasteiger partial charge on any atom is -0.469 e. The molecule has 0 fully saturated rings. The summed E-state index contributed by atoms with van der Waals surface area (Å²) in [5, 5.41) is 7.75. The molecule has 21 heavy (non-hydrogen) atoms. The molecule has 1 aliphatic rings. The van der Waals surface area contributed by atoms with Crippen LogP contribution in [0.5, 0.6) is 0 Å². The lowest BCUT2D eigenvalue weighted by Crippen LogP contribution is -2.32. The van der Waals surface area contributed by atoms with E-state index in [2.05, 4.69) is 30.5 Å². The monoisotopic (exact) mass is 287 g/mol. The first-order valence-electron chi connectivity index (χ1n) is 7.53. The summed E-state index contributed by atoms with van der Waals surface area (Å²) in [5.41, 5.74) is 2.29. The molecule has 0 aromatic carbocycles. The summed E-state index contributed by atoms with van der Waals surface area (Å²) < 4.78 is 7.21. The molecule has 0 bridgehead atoms. The number of carbonyl (C=O) groups is 1. The third-order valence-electron chi connectivity index (χ3n) is 3.89. The Kier molecular flexibility index (Phi) is 3.82. The first kappa shape index (κ1) is 13.9. The lowest BCUT2D eigenvalue weighted by atomic mass is 9.93. The molecular formula is C16H21N3O2. The number of aryl methyl sites for hydroxylation is 1. The predicted octanol–water partition coefficient (Wildman–Crippen LogP) is 2.79. The minimum atomic E-state index is -0.0121. The van der Waals surface area contributed by atoms with E-state index in [0.717, 1.165) is 25.0 Å². The molecule has 0 saturated carbocycles. The quantitative estimate of drug-likeness (QED) is 0.940. The van der Waals surface area contributed by atoms with Crippen LogP contribution < -0.4 is 5.32 Å². The molecule has 2 aromatic heterocycles. The topological polar surface area (TPSA) is 60.1 Å². The Morgan fingerprint density at radius 1 is 1.57 bits per heavy atom. The maximum absolute atomic E-state index is 12.1. The average Bonchev–Trinajstić information content (AvgIpc) is 3.07. The zero-order valence-electron chi connectivity index (χ0n) is 12.5. The summed E-state index contributed by atoms with van der Waals surface area (Å²) in [7, 11) is 0. The molecule has 1 amide bonds. The van der Waals surface area contributed by atoms with Gasteiger partial charge in [-0.1, -0.05) is 0 Å². The largest absolute Gasteiger partial charge is 0.469 e. The molecule has 3 rings (SSSR count). The van der Waals surface area contributed by atoms with E-state index in [0.29, 0.717) is 11.8 Å². The van der Waals surface area contributed by atoms with Crippen LogP contribution in [-0.2, 0) is 17.6 Å². The summed E-state index contributed by atoms with van der Waals surface area (Å²) in [6, 6.07) is 3.98. The second-order valence-corrected chi connectivity index (χ2v) is 5.88. The van der Waals surface area contributed by atoms with E-state index in [-0.39, 0.29) is 18.4 Å². The maximum Gasteiger partial charge on any atom is 0.228 e. The van der Waals surface area contributed by atoms with E-state index >= 15 is 0 Å². The van der Waals surface area contributed by atoms with Crippen molar-refractivity contribution in [2.75, 3.05) is 0 Å². The first-order chi connectivity index (χ1) is 10.1. The van der Waals surface area contributed by atoms with E-state index in [9.17, 15) is 4.79 Å². The van der Waals surface area contributed by atoms with Crippen LogP contribution in [0, 0.1) is 0 Å². The fraction of sp³-hybridized carbons (Fsp3) is 0.500. The SMILES string of the molecule is CC(C)n1cc2c(n1)C(NC(=O)Cc1ccco1)CCC2. The number of furan rings is 1. The van der Waals surface area contributed by atoms with Crippen LogP contribution in [0.4, 0.5) is 0 Å². The number of fused-ring (bicyclic) bond motifs is 1. The van der Waals surface area contributed by atoms with Crippen LogP contribution in [0.2, 0.25) is 0 Å². The van der Waals surface area contributed by atoms with Crippen LogP contribution in [0.15, 0.2) is 29.0 Å². The fourth-order valence-corrected chi connectivity index (χ4v) is 2.78. The third-order valence-corrected chi connectivity index (χ3v) is 3.89. The van der Waals surface area contributed by atoms with E-state index in [4.69, 9.17) is 4.42 Å². The molecule has 0 spiro atoms. The van der Waals surface area contributed by atoms with Gasteiger partial charge in [0, 0.05) is 12.2 Å². The molecular weight excluding hydrogens is 266 g/mol. The van der Waals surface area contributed by atoms with E-state index in [1.807, 2.05) is 10.7 Å². The molecule has 0 radical (unpaired) electrons. The van der Waals surface area contributed by atoms with Crippen LogP contribution in [-0.4, -0.2) is 15.7 Å². The molecule has 1 unspecified atom stereocenters. The normalized spacial score (nSPS) is 17.8. The van der Waals surface area contributed by atoms with Gasteiger partial charge >= 0.3 is 0 Å². The first-order valence-corrected chi connectivity index (χ1v) is 7.53. The number of nitrogens with one attached hydrogen (secondary N) is 1. The molecule has 5 nitrogen and oxygen atoms in total. The van der Waals surface area contributed by atoms with Crippen molar-refractivity contribution in [2.45, 2.75) is 51.6 Å². The van der Waals surface area contributed by atoms with E-state index in [1.165, 1.54) is 5.56 Å². The standard InChI is InChI=1S/C16H21N3O2/c1-11(2)19-10-12-5-3-7-14(16(12)18-19)17-15(20)9-13-6-4-8-21-13/h4,6,8,10-11,14H,3,5,7,9H2,1-2H3,(H,17,20). The van der Waals surface area contributed by atoms with Crippen molar-refractivity contribution in [3.63, 3.8) is 0 Å². The van der Waals surface area contributed by atoms with Crippen molar-refractivity contribution in [1.29, 1.82) is 0 Å². The molecule has 0 aliphatic heterocycles. The number of hydrogen-bond donors (Lipinski definition) is 1. The second-order valence-electron chi connectivity index (χ2n) is 5.88. The van der Waals surface area contributed by atoms with Gasteiger partial charge in [0.25, 0.3) is 0 Å². The maximum atomic E-state index is 12.1. The number of carbonyl (C=O) groups excluding carboxylic acids is 1. The van der Waals surface area contributed by atoms with E-state index < -0.39 is 0 Å². The van der Waals surface area contributed by atoms with Gasteiger partial charge in [0.2, 0.25) is 5.91 Å². The Bertz CT molecular complexity index is 614. The summed E-state index contributed by atoms with van der Waals surface area (Å²) in [5.74, 6) is 0.679. The number of aromatic nitrogens is 2. The van der Waals surface area contributed by atoms with Gasteiger partial charge in [-0.25, -0.2) is 0 Å². The molecule has 5 heteroatoms. The highest BCUT2D eigenvalue weighted by Gasteiger charge is 2.25. The van der Waals surface area contributed by atoms with Gasteiger partial charge in [0.15, 0.2) is 0 Å². The zero-order chi connectivity index (χ0) is 14.8. The zero-order valence-corrected chi connectivity index (χ0v) is 12.5. The Morgan fingerprint density at radius 3 is 3.14 bits per heavy atom. The average molecular weight is 287 g/mol.